The predicted molar refractivity (Wildman–Crippen MR) is 64.1 cm³/mol. The summed E-state index contributed by atoms with van der Waals surface area (Å²) in [6, 6.07) is 8.58. The number of hydrogen-bond acceptors (Lipinski definition) is 2. The van der Waals surface area contributed by atoms with Gasteiger partial charge in [-0.2, -0.15) is 0 Å². The van der Waals surface area contributed by atoms with Gasteiger partial charge >= 0.3 is 95.6 Å². The van der Waals surface area contributed by atoms with E-state index >= 15 is 0 Å². The zero-order valence-electron chi connectivity index (χ0n) is 9.62. The summed E-state index contributed by atoms with van der Waals surface area (Å²) in [6.45, 7) is 1.44. The van der Waals surface area contributed by atoms with Crippen molar-refractivity contribution >= 4 is 22.0 Å². The first-order chi connectivity index (χ1) is 7.09. The fourth-order valence-corrected chi connectivity index (χ4v) is 6.67. The molecule has 15 heavy (non-hydrogen) atoms. The number of hydrogen-bond donors (Lipinski definition) is 0. The van der Waals surface area contributed by atoms with Crippen molar-refractivity contribution in [2.75, 3.05) is 13.2 Å². The predicted octanol–water partition coefficient (Wildman–Crippen LogP) is 2.28. The average Bonchev–Trinajstić information content (AvgIpc) is 2.69. The van der Waals surface area contributed by atoms with Crippen LogP contribution in [-0.2, 0) is 9.47 Å². The van der Waals surface area contributed by atoms with Gasteiger partial charge in [-0.15, -0.1) is 0 Å². The van der Waals surface area contributed by atoms with E-state index in [1.54, 1.807) is 0 Å². The van der Waals surface area contributed by atoms with Gasteiger partial charge in [0, 0.05) is 0 Å². The molecule has 1 saturated heterocycles. The van der Waals surface area contributed by atoms with E-state index in [-0.39, 0.29) is 6.29 Å². The molecule has 0 atom stereocenters. The Balaban J connectivity index is 2.37. The van der Waals surface area contributed by atoms with Gasteiger partial charge in [0.2, 0.25) is 0 Å². The van der Waals surface area contributed by atoms with Crippen LogP contribution in [0.3, 0.4) is 0 Å². The van der Waals surface area contributed by atoms with Crippen molar-refractivity contribution in [2.45, 2.75) is 21.1 Å². The van der Waals surface area contributed by atoms with Crippen molar-refractivity contribution in [1.29, 1.82) is 0 Å². The van der Waals surface area contributed by atoms with E-state index in [1.165, 1.54) is 9.14 Å². The summed E-state index contributed by atoms with van der Waals surface area (Å²) < 4.78 is 12.7. The molecule has 0 unspecified atom stereocenters. The van der Waals surface area contributed by atoms with Crippen LogP contribution in [0.2, 0.25) is 14.8 Å². The fourth-order valence-electron chi connectivity index (χ4n) is 1.92. The van der Waals surface area contributed by atoms with E-state index < -0.39 is 18.4 Å². The second-order valence-electron chi connectivity index (χ2n) is 4.91. The molecule has 1 fully saturated rings. The minimum absolute atomic E-state index is 0.114. The van der Waals surface area contributed by atoms with E-state index in [9.17, 15) is 0 Å². The quantitative estimate of drug-likeness (QED) is 0.780. The van der Waals surface area contributed by atoms with Crippen molar-refractivity contribution in [3.05, 3.63) is 29.8 Å². The zero-order valence-corrected chi connectivity index (χ0v) is 12.5. The van der Waals surface area contributed by atoms with E-state index in [1.807, 2.05) is 0 Å². The van der Waals surface area contributed by atoms with Gasteiger partial charge in [0.15, 0.2) is 0 Å². The Hall–Kier alpha value is -0.0613. The number of benzene rings is 1. The molecule has 3 heteroatoms. The molecule has 0 N–H and O–H groups in total. The third-order valence-electron chi connectivity index (χ3n) is 2.64. The molecular formula is C12H18O2Sn. The second kappa shape index (κ2) is 4.43. The Morgan fingerprint density at radius 2 is 1.67 bits per heavy atom. The van der Waals surface area contributed by atoms with Crippen LogP contribution in [0.4, 0.5) is 0 Å². The van der Waals surface area contributed by atoms with Crippen LogP contribution < -0.4 is 3.58 Å². The number of ether oxygens (including phenoxy) is 2. The molecule has 0 spiro atoms. The van der Waals surface area contributed by atoms with E-state index in [0.29, 0.717) is 0 Å². The normalized spacial score (nSPS) is 18.3. The van der Waals surface area contributed by atoms with Crippen LogP contribution in [-0.4, -0.2) is 31.6 Å². The van der Waals surface area contributed by atoms with Crippen LogP contribution in [0.15, 0.2) is 24.3 Å². The summed E-state index contributed by atoms with van der Waals surface area (Å²) in [5.41, 5.74) is 1.26. The molecule has 0 amide bonds. The zero-order chi connectivity index (χ0) is 10.9. The van der Waals surface area contributed by atoms with E-state index in [0.717, 1.165) is 13.2 Å². The second-order valence-corrected chi connectivity index (χ2v) is 19.3. The van der Waals surface area contributed by atoms with Gasteiger partial charge < -0.3 is 0 Å². The molecule has 2 nitrogen and oxygen atoms in total. The molecule has 1 aromatic rings. The molecule has 1 heterocycles. The number of rotatable bonds is 2. The maximum atomic E-state index is 5.59. The summed E-state index contributed by atoms with van der Waals surface area (Å²) >= 11 is -2.04. The maximum absolute atomic E-state index is 5.59. The molecule has 0 aromatic heterocycles. The van der Waals surface area contributed by atoms with Crippen LogP contribution in [0.1, 0.15) is 11.9 Å². The third kappa shape index (κ3) is 2.55. The molecule has 0 bridgehead atoms. The fraction of sp³-hybridized carbons (Fsp3) is 0.500. The van der Waals surface area contributed by atoms with Crippen LogP contribution in [0, 0.1) is 0 Å². The summed E-state index contributed by atoms with van der Waals surface area (Å²) in [4.78, 5) is 7.26. The van der Waals surface area contributed by atoms with Gasteiger partial charge in [-0.1, -0.05) is 0 Å². The third-order valence-corrected chi connectivity index (χ3v) is 8.56. The Morgan fingerprint density at radius 3 is 2.27 bits per heavy atom. The first-order valence-electron chi connectivity index (χ1n) is 5.41. The molecule has 0 aliphatic carbocycles. The van der Waals surface area contributed by atoms with Crippen molar-refractivity contribution in [1.82, 2.24) is 0 Å². The summed E-state index contributed by atoms with van der Waals surface area (Å²) in [7, 11) is 0. The van der Waals surface area contributed by atoms with Crippen LogP contribution in [0.25, 0.3) is 0 Å². The summed E-state index contributed by atoms with van der Waals surface area (Å²) in [5, 5.41) is 0. The SMILES string of the molecule is [CH3][Sn]([CH3])([CH3])[c]1ccccc1C1OCCO1. The Bertz CT molecular complexity index is 338. The first-order valence-corrected chi connectivity index (χ1v) is 15.4. The van der Waals surface area contributed by atoms with Gasteiger partial charge in [-0.3, -0.25) is 0 Å². The van der Waals surface area contributed by atoms with Gasteiger partial charge in [0.25, 0.3) is 0 Å². The molecular weight excluding hydrogens is 295 g/mol. The van der Waals surface area contributed by atoms with Crippen molar-refractivity contribution in [2.24, 2.45) is 0 Å². The van der Waals surface area contributed by atoms with Gasteiger partial charge in [0.05, 0.1) is 0 Å². The molecule has 0 radical (unpaired) electrons. The van der Waals surface area contributed by atoms with Crippen LogP contribution >= 0.6 is 0 Å². The standard InChI is InChI=1S/C9H9O2.3CH3.Sn/c1-2-4-8(5-3-1)9-10-6-7-11-9;;;;/h1-4,9H,6-7H2;3*1H3;. The molecule has 2 rings (SSSR count). The van der Waals surface area contributed by atoms with Crippen molar-refractivity contribution in [3.63, 3.8) is 0 Å². The average molecular weight is 313 g/mol. The molecule has 82 valence electrons. The Morgan fingerprint density at radius 1 is 1.07 bits per heavy atom. The van der Waals surface area contributed by atoms with Crippen LogP contribution in [0.5, 0.6) is 0 Å². The van der Waals surface area contributed by atoms with Crippen molar-refractivity contribution in [3.8, 4) is 0 Å². The van der Waals surface area contributed by atoms with Gasteiger partial charge in [0.1, 0.15) is 0 Å². The minimum atomic E-state index is -2.04. The summed E-state index contributed by atoms with van der Waals surface area (Å²) in [6.07, 6.45) is -0.114. The molecule has 1 aliphatic rings. The molecule has 0 saturated carbocycles. The van der Waals surface area contributed by atoms with E-state index in [2.05, 4.69) is 39.1 Å². The monoisotopic (exact) mass is 314 g/mol. The summed E-state index contributed by atoms with van der Waals surface area (Å²) in [5.74, 6) is 0. The Kier molecular flexibility index (Phi) is 3.38. The van der Waals surface area contributed by atoms with Crippen molar-refractivity contribution < 1.29 is 9.47 Å². The first kappa shape index (κ1) is 11.4. The molecule has 1 aliphatic heterocycles. The van der Waals surface area contributed by atoms with Gasteiger partial charge in [-0.25, -0.2) is 0 Å². The van der Waals surface area contributed by atoms with E-state index in [4.69, 9.17) is 9.47 Å². The van der Waals surface area contributed by atoms with Gasteiger partial charge in [-0.05, 0) is 0 Å². The molecule has 1 aromatic carbocycles. The Labute approximate surface area is 95.5 Å². The topological polar surface area (TPSA) is 18.5 Å².